The van der Waals surface area contributed by atoms with Crippen molar-refractivity contribution < 1.29 is 0 Å². The quantitative estimate of drug-likeness (QED) is 0.836. The number of hydrogen-bond donors (Lipinski definition) is 1. The van der Waals surface area contributed by atoms with E-state index >= 15 is 0 Å². The van der Waals surface area contributed by atoms with Crippen molar-refractivity contribution >= 4 is 0 Å². The molecule has 19 heavy (non-hydrogen) atoms. The van der Waals surface area contributed by atoms with Gasteiger partial charge in [-0.3, -0.25) is 4.98 Å². The lowest BCUT2D eigenvalue weighted by molar-refractivity contribution is 0.268. The Morgan fingerprint density at radius 3 is 2.63 bits per heavy atom. The molecule has 4 unspecified atom stereocenters. The Labute approximate surface area is 118 Å². The van der Waals surface area contributed by atoms with Crippen LogP contribution < -0.4 is 5.32 Å². The summed E-state index contributed by atoms with van der Waals surface area (Å²) in [5, 5.41) is 3.82. The zero-order valence-corrected chi connectivity index (χ0v) is 12.6. The molecule has 0 spiro atoms. The van der Waals surface area contributed by atoms with Gasteiger partial charge in [-0.05, 0) is 54.8 Å². The Bertz CT molecular complexity index is 363. The molecular weight excluding hydrogens is 232 g/mol. The summed E-state index contributed by atoms with van der Waals surface area (Å²) in [6.07, 6.45) is 9.23. The SMILES string of the molecule is CCCNC(C(C)c1ccncc1)C1CCCC1C. The van der Waals surface area contributed by atoms with Crippen LogP contribution in [0.5, 0.6) is 0 Å². The summed E-state index contributed by atoms with van der Waals surface area (Å²) in [5.41, 5.74) is 1.42. The van der Waals surface area contributed by atoms with Gasteiger partial charge in [0.25, 0.3) is 0 Å². The lowest BCUT2D eigenvalue weighted by Crippen LogP contribution is -2.41. The molecule has 0 radical (unpaired) electrons. The second kappa shape index (κ2) is 7.04. The average molecular weight is 260 g/mol. The van der Waals surface area contributed by atoms with Crippen LogP contribution in [0.2, 0.25) is 0 Å². The van der Waals surface area contributed by atoms with Crippen LogP contribution in [-0.4, -0.2) is 17.6 Å². The van der Waals surface area contributed by atoms with E-state index < -0.39 is 0 Å². The second-order valence-corrected chi connectivity index (χ2v) is 6.12. The number of pyridine rings is 1. The van der Waals surface area contributed by atoms with Gasteiger partial charge in [0.05, 0.1) is 0 Å². The maximum absolute atomic E-state index is 4.14. The normalized spacial score (nSPS) is 26.3. The Hall–Kier alpha value is -0.890. The molecule has 0 amide bonds. The molecular formula is C17H28N2. The summed E-state index contributed by atoms with van der Waals surface area (Å²) in [6.45, 7) is 8.17. The maximum Gasteiger partial charge on any atom is 0.0270 e. The lowest BCUT2D eigenvalue weighted by Gasteiger charge is -2.33. The molecule has 4 atom stereocenters. The highest BCUT2D eigenvalue weighted by Gasteiger charge is 2.34. The fourth-order valence-electron chi connectivity index (χ4n) is 3.59. The molecule has 0 bridgehead atoms. The van der Waals surface area contributed by atoms with E-state index in [1.807, 2.05) is 12.4 Å². The molecule has 1 aromatic heterocycles. The number of hydrogen-bond acceptors (Lipinski definition) is 2. The summed E-state index contributed by atoms with van der Waals surface area (Å²) in [4.78, 5) is 4.14. The first kappa shape index (κ1) is 14.5. The van der Waals surface area contributed by atoms with Crippen LogP contribution in [0.3, 0.4) is 0 Å². The van der Waals surface area contributed by atoms with Crippen LogP contribution in [0.15, 0.2) is 24.5 Å². The van der Waals surface area contributed by atoms with Gasteiger partial charge in [-0.25, -0.2) is 0 Å². The van der Waals surface area contributed by atoms with Gasteiger partial charge in [-0.2, -0.15) is 0 Å². The summed E-state index contributed by atoms with van der Waals surface area (Å²) in [7, 11) is 0. The van der Waals surface area contributed by atoms with Gasteiger partial charge in [0.15, 0.2) is 0 Å². The van der Waals surface area contributed by atoms with E-state index in [0.717, 1.165) is 18.4 Å². The number of rotatable bonds is 6. The minimum atomic E-state index is 0.570. The Morgan fingerprint density at radius 1 is 1.32 bits per heavy atom. The Morgan fingerprint density at radius 2 is 2.05 bits per heavy atom. The van der Waals surface area contributed by atoms with E-state index in [0.29, 0.717) is 12.0 Å². The van der Waals surface area contributed by atoms with Crippen LogP contribution in [0.25, 0.3) is 0 Å². The van der Waals surface area contributed by atoms with Gasteiger partial charge in [0.2, 0.25) is 0 Å². The zero-order valence-electron chi connectivity index (χ0n) is 12.6. The first-order chi connectivity index (χ1) is 9.24. The average Bonchev–Trinajstić information content (AvgIpc) is 2.86. The second-order valence-electron chi connectivity index (χ2n) is 6.12. The maximum atomic E-state index is 4.14. The van der Waals surface area contributed by atoms with E-state index in [-0.39, 0.29) is 0 Å². The molecule has 1 heterocycles. The van der Waals surface area contributed by atoms with Gasteiger partial charge in [0.1, 0.15) is 0 Å². The van der Waals surface area contributed by atoms with Crippen molar-refractivity contribution in [3.8, 4) is 0 Å². The van der Waals surface area contributed by atoms with Crippen molar-refractivity contribution in [3.05, 3.63) is 30.1 Å². The fraction of sp³-hybridized carbons (Fsp3) is 0.706. The highest BCUT2D eigenvalue weighted by Crippen LogP contribution is 2.38. The molecule has 1 fully saturated rings. The van der Waals surface area contributed by atoms with Crippen LogP contribution in [0.4, 0.5) is 0 Å². The molecule has 1 aliphatic carbocycles. The molecule has 1 N–H and O–H groups in total. The first-order valence-corrected chi connectivity index (χ1v) is 7.87. The predicted molar refractivity (Wildman–Crippen MR) is 81.2 cm³/mol. The van der Waals surface area contributed by atoms with Crippen molar-refractivity contribution in [3.63, 3.8) is 0 Å². The van der Waals surface area contributed by atoms with Crippen molar-refractivity contribution in [1.29, 1.82) is 0 Å². The molecule has 1 aromatic rings. The smallest absolute Gasteiger partial charge is 0.0270 e. The van der Waals surface area contributed by atoms with Crippen molar-refractivity contribution in [2.24, 2.45) is 11.8 Å². The van der Waals surface area contributed by atoms with E-state index in [2.05, 4.69) is 43.2 Å². The van der Waals surface area contributed by atoms with Crippen molar-refractivity contribution in [2.75, 3.05) is 6.54 Å². The van der Waals surface area contributed by atoms with Crippen LogP contribution >= 0.6 is 0 Å². The van der Waals surface area contributed by atoms with Crippen LogP contribution in [0.1, 0.15) is 57.9 Å². The molecule has 1 aliphatic rings. The molecule has 0 saturated heterocycles. The van der Waals surface area contributed by atoms with Crippen molar-refractivity contribution in [2.45, 2.75) is 58.4 Å². The zero-order chi connectivity index (χ0) is 13.7. The topological polar surface area (TPSA) is 24.9 Å². The number of aromatic nitrogens is 1. The largest absolute Gasteiger partial charge is 0.313 e. The third-order valence-corrected chi connectivity index (χ3v) is 4.79. The predicted octanol–water partition coefficient (Wildman–Crippen LogP) is 3.99. The molecule has 1 saturated carbocycles. The fourth-order valence-corrected chi connectivity index (χ4v) is 3.59. The summed E-state index contributed by atoms with van der Waals surface area (Å²) in [5.74, 6) is 2.26. The Balaban J connectivity index is 2.12. The molecule has 2 nitrogen and oxygen atoms in total. The summed E-state index contributed by atoms with van der Waals surface area (Å²) in [6, 6.07) is 4.95. The third kappa shape index (κ3) is 3.56. The van der Waals surface area contributed by atoms with Gasteiger partial charge in [0, 0.05) is 18.4 Å². The van der Waals surface area contributed by atoms with E-state index in [9.17, 15) is 0 Å². The van der Waals surface area contributed by atoms with Gasteiger partial charge in [-0.15, -0.1) is 0 Å². The standard InChI is InChI=1S/C17H28N2/c1-4-10-19-17(16-7-5-6-13(16)2)14(3)15-8-11-18-12-9-15/h8-9,11-14,16-17,19H,4-7,10H2,1-3H3. The molecule has 2 heteroatoms. The third-order valence-electron chi connectivity index (χ3n) is 4.79. The Kier molecular flexibility index (Phi) is 5.38. The minimum Gasteiger partial charge on any atom is -0.313 e. The summed E-state index contributed by atoms with van der Waals surface area (Å²) >= 11 is 0. The molecule has 2 rings (SSSR count). The summed E-state index contributed by atoms with van der Waals surface area (Å²) < 4.78 is 0. The first-order valence-electron chi connectivity index (χ1n) is 7.87. The number of nitrogens with zero attached hydrogens (tertiary/aromatic N) is 1. The van der Waals surface area contributed by atoms with Crippen molar-refractivity contribution in [1.82, 2.24) is 10.3 Å². The van der Waals surface area contributed by atoms with Crippen LogP contribution in [-0.2, 0) is 0 Å². The van der Waals surface area contributed by atoms with Gasteiger partial charge in [-0.1, -0.05) is 33.6 Å². The lowest BCUT2D eigenvalue weighted by atomic mass is 9.80. The molecule has 106 valence electrons. The van der Waals surface area contributed by atoms with Gasteiger partial charge < -0.3 is 5.32 Å². The van der Waals surface area contributed by atoms with E-state index in [1.165, 1.54) is 31.2 Å². The molecule has 0 aromatic carbocycles. The monoisotopic (exact) mass is 260 g/mol. The van der Waals surface area contributed by atoms with Crippen LogP contribution in [0, 0.1) is 11.8 Å². The molecule has 0 aliphatic heterocycles. The van der Waals surface area contributed by atoms with Gasteiger partial charge >= 0.3 is 0 Å². The minimum absolute atomic E-state index is 0.570. The highest BCUT2D eigenvalue weighted by molar-refractivity contribution is 5.18. The number of nitrogens with one attached hydrogen (secondary N) is 1. The van der Waals surface area contributed by atoms with E-state index in [1.54, 1.807) is 0 Å². The van der Waals surface area contributed by atoms with E-state index in [4.69, 9.17) is 0 Å². The highest BCUT2D eigenvalue weighted by atomic mass is 14.9.